The molecule has 2 rings (SSSR count). The van der Waals surface area contributed by atoms with Gasteiger partial charge in [-0.3, -0.25) is 4.79 Å². The van der Waals surface area contributed by atoms with Crippen molar-refractivity contribution >= 4 is 23.5 Å². The summed E-state index contributed by atoms with van der Waals surface area (Å²) in [5.74, 6) is 1.09. The van der Waals surface area contributed by atoms with E-state index < -0.39 is 0 Å². The fraction of sp³-hybridized carbons (Fsp3) is 0.263. The van der Waals surface area contributed by atoms with Crippen LogP contribution in [0, 0.1) is 22.7 Å². The van der Waals surface area contributed by atoms with Crippen LogP contribution in [0.2, 0.25) is 0 Å². The number of carbonyl (C=O) groups excluding carboxylic acids is 1. The number of amides is 1. The molecule has 1 amide bonds. The van der Waals surface area contributed by atoms with Gasteiger partial charge in [0.25, 0.3) is 0 Å². The Balaban J connectivity index is 2.09. The molecule has 0 fully saturated rings. The van der Waals surface area contributed by atoms with E-state index in [0.717, 1.165) is 17.3 Å². The Hall–Kier alpha value is -3.43. The van der Waals surface area contributed by atoms with Crippen LogP contribution in [0.1, 0.15) is 29.7 Å². The molecule has 1 aromatic carbocycles. The summed E-state index contributed by atoms with van der Waals surface area (Å²) in [5, 5.41) is 21.4. The largest absolute Gasteiger partial charge is 0.497 e. The van der Waals surface area contributed by atoms with Crippen LogP contribution in [0.3, 0.4) is 0 Å². The maximum absolute atomic E-state index is 12.4. The molecule has 3 N–H and O–H groups in total. The summed E-state index contributed by atoms with van der Waals surface area (Å²) in [6, 6.07) is 10.2. The minimum Gasteiger partial charge on any atom is -0.497 e. The molecule has 8 nitrogen and oxygen atoms in total. The molecule has 28 heavy (non-hydrogen) atoms. The smallest absolute Gasteiger partial charge is 0.230 e. The highest BCUT2D eigenvalue weighted by atomic mass is 32.2. The molecule has 0 unspecified atom stereocenters. The van der Waals surface area contributed by atoms with Gasteiger partial charge in [-0.1, -0.05) is 11.8 Å². The molecule has 1 aromatic heterocycles. The number of carbonyl (C=O) groups is 1. The Morgan fingerprint density at radius 2 is 1.96 bits per heavy atom. The first-order valence-electron chi connectivity index (χ1n) is 8.18. The second-order valence-electron chi connectivity index (χ2n) is 5.68. The predicted molar refractivity (Wildman–Crippen MR) is 105 cm³/mol. The number of ether oxygens (including phenoxy) is 2. The normalized spacial score (nSPS) is 11.0. The van der Waals surface area contributed by atoms with Crippen molar-refractivity contribution in [1.82, 2.24) is 10.3 Å². The van der Waals surface area contributed by atoms with Gasteiger partial charge in [-0.25, -0.2) is 4.98 Å². The lowest BCUT2D eigenvalue weighted by Gasteiger charge is -2.18. The van der Waals surface area contributed by atoms with Gasteiger partial charge in [0.2, 0.25) is 5.91 Å². The molecule has 1 atom stereocenters. The van der Waals surface area contributed by atoms with Crippen LogP contribution in [0.25, 0.3) is 0 Å². The Morgan fingerprint density at radius 3 is 2.57 bits per heavy atom. The van der Waals surface area contributed by atoms with Gasteiger partial charge in [-0.05, 0) is 31.2 Å². The van der Waals surface area contributed by atoms with Crippen LogP contribution >= 0.6 is 11.8 Å². The number of hydrogen-bond acceptors (Lipinski definition) is 8. The zero-order valence-corrected chi connectivity index (χ0v) is 16.5. The number of nitrogen functional groups attached to an aromatic ring is 1. The zero-order valence-electron chi connectivity index (χ0n) is 15.6. The van der Waals surface area contributed by atoms with Gasteiger partial charge in [0, 0.05) is 5.56 Å². The molecule has 2 aromatic rings. The standard InChI is InChI=1S/C19H19N5O3S/c1-11(15-7-14(26-2)4-5-16(15)27-3)23-17(25)10-28-19-13(9-21)6-12(8-20)18(22)24-19/h4-7,11H,10H2,1-3H3,(H2,22,24)(H,23,25)/t11-/m0/s1. The maximum atomic E-state index is 12.4. The number of nitrogens with two attached hydrogens (primary N) is 1. The van der Waals surface area contributed by atoms with Gasteiger partial charge in [0.05, 0.1) is 37.1 Å². The second-order valence-corrected chi connectivity index (χ2v) is 6.65. The molecule has 0 aliphatic carbocycles. The average Bonchev–Trinajstić information content (AvgIpc) is 2.71. The topological polar surface area (TPSA) is 134 Å². The molecule has 144 valence electrons. The van der Waals surface area contributed by atoms with Crippen molar-refractivity contribution in [3.63, 3.8) is 0 Å². The highest BCUT2D eigenvalue weighted by Gasteiger charge is 2.17. The maximum Gasteiger partial charge on any atom is 0.230 e. The van der Waals surface area contributed by atoms with Gasteiger partial charge < -0.3 is 20.5 Å². The number of rotatable bonds is 7. The molecule has 0 radical (unpaired) electrons. The van der Waals surface area contributed by atoms with Crippen molar-refractivity contribution < 1.29 is 14.3 Å². The molecule has 0 saturated heterocycles. The van der Waals surface area contributed by atoms with Crippen molar-refractivity contribution in [3.05, 3.63) is 41.0 Å². The Labute approximate surface area is 167 Å². The summed E-state index contributed by atoms with van der Waals surface area (Å²) < 4.78 is 10.6. The first-order valence-corrected chi connectivity index (χ1v) is 9.16. The van der Waals surface area contributed by atoms with Crippen LogP contribution in [-0.4, -0.2) is 30.9 Å². The third-order valence-corrected chi connectivity index (χ3v) is 4.87. The number of nitrogens with zero attached hydrogens (tertiary/aromatic N) is 3. The summed E-state index contributed by atoms with van der Waals surface area (Å²) in [6.45, 7) is 1.83. The average molecular weight is 397 g/mol. The third kappa shape index (κ3) is 4.84. The Morgan fingerprint density at radius 1 is 1.25 bits per heavy atom. The van der Waals surface area contributed by atoms with E-state index in [2.05, 4.69) is 10.3 Å². The minimum atomic E-state index is -0.326. The summed E-state index contributed by atoms with van der Waals surface area (Å²) in [6.07, 6.45) is 0. The highest BCUT2D eigenvalue weighted by molar-refractivity contribution is 8.00. The van der Waals surface area contributed by atoms with E-state index in [9.17, 15) is 10.1 Å². The lowest BCUT2D eigenvalue weighted by atomic mass is 10.1. The Bertz CT molecular complexity index is 965. The second kappa shape index (κ2) is 9.49. The monoisotopic (exact) mass is 397 g/mol. The van der Waals surface area contributed by atoms with Gasteiger partial charge in [-0.15, -0.1) is 0 Å². The van der Waals surface area contributed by atoms with E-state index in [0.29, 0.717) is 16.5 Å². The Kier molecular flexibility index (Phi) is 7.08. The molecular formula is C19H19N5O3S. The number of nitrogens with one attached hydrogen (secondary N) is 1. The van der Waals surface area contributed by atoms with Crippen LogP contribution in [-0.2, 0) is 4.79 Å². The van der Waals surface area contributed by atoms with Gasteiger partial charge in [-0.2, -0.15) is 10.5 Å². The number of nitriles is 2. The molecule has 0 saturated carbocycles. The molecular weight excluding hydrogens is 378 g/mol. The summed E-state index contributed by atoms with van der Waals surface area (Å²) >= 11 is 1.08. The number of hydrogen-bond donors (Lipinski definition) is 2. The zero-order chi connectivity index (χ0) is 20.7. The van der Waals surface area contributed by atoms with E-state index in [1.165, 1.54) is 6.07 Å². The minimum absolute atomic E-state index is 0.0268. The highest BCUT2D eigenvalue weighted by Crippen LogP contribution is 2.29. The fourth-order valence-electron chi connectivity index (χ4n) is 2.46. The number of thioether (sulfide) groups is 1. The number of benzene rings is 1. The fourth-order valence-corrected chi connectivity index (χ4v) is 3.24. The van der Waals surface area contributed by atoms with Crippen LogP contribution in [0.15, 0.2) is 29.3 Å². The predicted octanol–water partition coefficient (Wildman–Crippen LogP) is 2.39. The van der Waals surface area contributed by atoms with E-state index in [1.807, 2.05) is 19.1 Å². The van der Waals surface area contributed by atoms with Crippen molar-refractivity contribution in [2.45, 2.75) is 18.0 Å². The lowest BCUT2D eigenvalue weighted by molar-refractivity contribution is -0.119. The molecule has 9 heteroatoms. The van der Waals surface area contributed by atoms with Crippen LogP contribution in [0.5, 0.6) is 11.5 Å². The summed E-state index contributed by atoms with van der Waals surface area (Å²) in [4.78, 5) is 16.4. The number of pyridine rings is 1. The van der Waals surface area contributed by atoms with Crippen molar-refractivity contribution in [3.8, 4) is 23.6 Å². The lowest BCUT2D eigenvalue weighted by Crippen LogP contribution is -2.28. The van der Waals surface area contributed by atoms with E-state index in [4.69, 9.17) is 20.5 Å². The van der Waals surface area contributed by atoms with Gasteiger partial charge in [0.15, 0.2) is 0 Å². The first kappa shape index (κ1) is 20.9. The van der Waals surface area contributed by atoms with Gasteiger partial charge in [0.1, 0.15) is 34.5 Å². The molecule has 0 aliphatic heterocycles. The molecule has 0 spiro atoms. The van der Waals surface area contributed by atoms with E-state index in [-0.39, 0.29) is 34.6 Å². The first-order chi connectivity index (χ1) is 13.4. The van der Waals surface area contributed by atoms with Crippen molar-refractivity contribution in [2.24, 2.45) is 0 Å². The quantitative estimate of drug-likeness (QED) is 0.680. The van der Waals surface area contributed by atoms with Crippen molar-refractivity contribution in [2.75, 3.05) is 25.7 Å². The summed E-state index contributed by atoms with van der Waals surface area (Å²) in [5.41, 5.74) is 6.80. The summed E-state index contributed by atoms with van der Waals surface area (Å²) in [7, 11) is 3.12. The van der Waals surface area contributed by atoms with Crippen LogP contribution < -0.4 is 20.5 Å². The SMILES string of the molecule is COc1ccc(OC)c([C@H](C)NC(=O)CSc2nc(N)c(C#N)cc2C#N)c1. The van der Waals surface area contributed by atoms with Gasteiger partial charge >= 0.3 is 0 Å². The van der Waals surface area contributed by atoms with E-state index in [1.54, 1.807) is 32.4 Å². The molecule has 1 heterocycles. The number of aromatic nitrogens is 1. The van der Waals surface area contributed by atoms with Crippen LogP contribution in [0.4, 0.5) is 5.82 Å². The molecule has 0 bridgehead atoms. The third-order valence-electron chi connectivity index (χ3n) is 3.88. The number of anilines is 1. The van der Waals surface area contributed by atoms with Crippen molar-refractivity contribution in [1.29, 1.82) is 10.5 Å². The number of methoxy groups -OCH3 is 2. The van der Waals surface area contributed by atoms with E-state index >= 15 is 0 Å². The molecule has 0 aliphatic rings.